The van der Waals surface area contributed by atoms with Gasteiger partial charge in [0.2, 0.25) is 5.91 Å². The quantitative estimate of drug-likeness (QED) is 0.877. The summed E-state index contributed by atoms with van der Waals surface area (Å²) in [7, 11) is 0. The van der Waals surface area contributed by atoms with Crippen LogP contribution in [0.1, 0.15) is 17.5 Å². The van der Waals surface area contributed by atoms with Crippen LogP contribution in [0.4, 0.5) is 18.9 Å². The second-order valence-electron chi connectivity index (χ2n) is 5.28. The van der Waals surface area contributed by atoms with Gasteiger partial charge in [0.05, 0.1) is 0 Å². The highest BCUT2D eigenvalue weighted by Crippen LogP contribution is 2.43. The summed E-state index contributed by atoms with van der Waals surface area (Å²) in [4.78, 5) is 12.1. The van der Waals surface area contributed by atoms with Gasteiger partial charge in [-0.3, -0.25) is 4.79 Å². The van der Waals surface area contributed by atoms with Crippen LogP contribution in [0.5, 0.6) is 0 Å². The Hall–Kier alpha value is -1.56. The first kappa shape index (κ1) is 14.8. The van der Waals surface area contributed by atoms with E-state index in [4.69, 9.17) is 0 Å². The molecule has 0 spiro atoms. The Morgan fingerprint density at radius 2 is 2.05 bits per heavy atom. The number of nitrogens with one attached hydrogen (secondary N) is 2. The van der Waals surface area contributed by atoms with Gasteiger partial charge in [-0.15, -0.1) is 0 Å². The Balaban J connectivity index is 2.26. The first-order valence-electron chi connectivity index (χ1n) is 6.42. The fourth-order valence-corrected chi connectivity index (χ4v) is 2.45. The third kappa shape index (κ3) is 2.52. The van der Waals surface area contributed by atoms with Crippen LogP contribution in [0.15, 0.2) is 18.2 Å². The summed E-state index contributed by atoms with van der Waals surface area (Å²) in [6.07, 6.45) is -4.79. The number of rotatable bonds is 2. The smallest absolute Gasteiger partial charge is 0.325 e. The van der Waals surface area contributed by atoms with E-state index < -0.39 is 17.5 Å². The highest BCUT2D eigenvalue weighted by molar-refractivity contribution is 5.97. The lowest BCUT2D eigenvalue weighted by Gasteiger charge is -2.29. The number of benzene rings is 1. The molecule has 1 saturated heterocycles. The van der Waals surface area contributed by atoms with Crippen molar-refractivity contribution in [3.8, 4) is 0 Å². The molecule has 20 heavy (non-hydrogen) atoms. The van der Waals surface area contributed by atoms with Crippen molar-refractivity contribution in [2.75, 3.05) is 18.4 Å². The van der Waals surface area contributed by atoms with Crippen molar-refractivity contribution in [3.05, 3.63) is 29.3 Å². The molecule has 1 aromatic rings. The maximum absolute atomic E-state index is 13.2. The van der Waals surface area contributed by atoms with E-state index in [0.29, 0.717) is 5.69 Å². The number of hydrogen-bond acceptors (Lipinski definition) is 2. The maximum Gasteiger partial charge on any atom is 0.404 e. The summed E-state index contributed by atoms with van der Waals surface area (Å²) in [5.41, 5.74) is -0.157. The molecule has 1 aliphatic heterocycles. The molecule has 6 heteroatoms. The van der Waals surface area contributed by atoms with Gasteiger partial charge < -0.3 is 10.6 Å². The number of alkyl halides is 3. The molecule has 0 aromatic heterocycles. The Morgan fingerprint density at radius 3 is 2.55 bits per heavy atom. The molecule has 1 aliphatic rings. The first-order chi connectivity index (χ1) is 9.26. The zero-order valence-electron chi connectivity index (χ0n) is 11.4. The van der Waals surface area contributed by atoms with Crippen molar-refractivity contribution in [1.82, 2.24) is 5.32 Å². The number of amides is 1. The molecule has 1 aromatic carbocycles. The lowest BCUT2D eigenvalue weighted by atomic mass is 9.85. The minimum atomic E-state index is -4.56. The van der Waals surface area contributed by atoms with Gasteiger partial charge in [-0.05, 0) is 38.4 Å². The van der Waals surface area contributed by atoms with Crippen molar-refractivity contribution >= 4 is 11.6 Å². The summed E-state index contributed by atoms with van der Waals surface area (Å²) >= 11 is 0. The molecule has 2 N–H and O–H groups in total. The number of carbonyl (C=O) groups excluding carboxylic acids is 1. The van der Waals surface area contributed by atoms with E-state index in [1.165, 1.54) is 0 Å². The van der Waals surface area contributed by atoms with Gasteiger partial charge in [0.15, 0.2) is 5.41 Å². The summed E-state index contributed by atoms with van der Waals surface area (Å²) < 4.78 is 39.7. The second-order valence-corrected chi connectivity index (χ2v) is 5.28. The molecular weight excluding hydrogens is 269 g/mol. The standard InChI is InChI=1S/C14H17F3N2O/c1-9-3-4-11(10(2)7-9)19-12(20)13(14(15,16)17)5-6-18-8-13/h3-4,7,18H,5-6,8H2,1-2H3,(H,19,20). The van der Waals surface area contributed by atoms with Crippen LogP contribution >= 0.6 is 0 Å². The van der Waals surface area contributed by atoms with Gasteiger partial charge in [-0.1, -0.05) is 17.7 Å². The van der Waals surface area contributed by atoms with Crippen molar-refractivity contribution < 1.29 is 18.0 Å². The molecule has 3 nitrogen and oxygen atoms in total. The van der Waals surface area contributed by atoms with E-state index in [9.17, 15) is 18.0 Å². The zero-order chi connectivity index (χ0) is 15.0. The molecule has 1 unspecified atom stereocenters. The molecule has 110 valence electrons. The van der Waals surface area contributed by atoms with Crippen molar-refractivity contribution in [2.24, 2.45) is 5.41 Å². The van der Waals surface area contributed by atoms with E-state index in [-0.39, 0.29) is 19.5 Å². The number of carbonyl (C=O) groups is 1. The third-order valence-electron chi connectivity index (χ3n) is 3.76. The average molecular weight is 286 g/mol. The summed E-state index contributed by atoms with van der Waals surface area (Å²) in [5, 5.41) is 5.06. The van der Waals surface area contributed by atoms with Gasteiger partial charge in [-0.25, -0.2) is 0 Å². The maximum atomic E-state index is 13.2. The van der Waals surface area contributed by atoms with Crippen LogP contribution in [0.3, 0.4) is 0 Å². The Labute approximate surface area is 115 Å². The highest BCUT2D eigenvalue weighted by Gasteiger charge is 2.61. The van der Waals surface area contributed by atoms with Gasteiger partial charge in [0, 0.05) is 12.2 Å². The van der Waals surface area contributed by atoms with Gasteiger partial charge >= 0.3 is 6.18 Å². The zero-order valence-corrected chi connectivity index (χ0v) is 11.4. The summed E-state index contributed by atoms with van der Waals surface area (Å²) in [6, 6.07) is 5.22. The minimum absolute atomic E-state index is 0.194. The molecule has 0 bridgehead atoms. The van der Waals surface area contributed by atoms with Crippen LogP contribution in [-0.4, -0.2) is 25.2 Å². The van der Waals surface area contributed by atoms with E-state index in [0.717, 1.165) is 11.1 Å². The predicted molar refractivity (Wildman–Crippen MR) is 70.5 cm³/mol. The molecule has 1 heterocycles. The molecule has 0 aliphatic carbocycles. The lowest BCUT2D eigenvalue weighted by molar-refractivity contribution is -0.213. The van der Waals surface area contributed by atoms with Gasteiger partial charge in [-0.2, -0.15) is 13.2 Å². The molecule has 2 rings (SSSR count). The molecule has 0 radical (unpaired) electrons. The Morgan fingerprint density at radius 1 is 1.35 bits per heavy atom. The Bertz CT molecular complexity index is 520. The van der Waals surface area contributed by atoms with E-state index >= 15 is 0 Å². The van der Waals surface area contributed by atoms with E-state index in [1.807, 2.05) is 13.0 Å². The van der Waals surface area contributed by atoms with Crippen LogP contribution in [-0.2, 0) is 4.79 Å². The van der Waals surface area contributed by atoms with Crippen LogP contribution in [0.2, 0.25) is 0 Å². The molecular formula is C14H17F3N2O. The van der Waals surface area contributed by atoms with E-state index in [2.05, 4.69) is 10.6 Å². The number of aryl methyl sites for hydroxylation is 2. The van der Waals surface area contributed by atoms with Gasteiger partial charge in [0.25, 0.3) is 0 Å². The molecule has 1 amide bonds. The van der Waals surface area contributed by atoms with Crippen LogP contribution in [0.25, 0.3) is 0 Å². The number of halogens is 3. The molecule has 1 fully saturated rings. The highest BCUT2D eigenvalue weighted by atomic mass is 19.4. The van der Waals surface area contributed by atoms with E-state index in [1.54, 1.807) is 19.1 Å². The summed E-state index contributed by atoms with van der Waals surface area (Å²) in [6.45, 7) is 3.47. The topological polar surface area (TPSA) is 41.1 Å². The SMILES string of the molecule is Cc1ccc(NC(=O)C2(C(F)(F)F)CCNC2)c(C)c1. The molecule has 1 atom stereocenters. The van der Waals surface area contributed by atoms with Crippen LogP contribution < -0.4 is 10.6 Å². The number of anilines is 1. The normalized spacial score (nSPS) is 22.9. The average Bonchev–Trinajstić information content (AvgIpc) is 2.82. The monoisotopic (exact) mass is 286 g/mol. The fraction of sp³-hybridized carbons (Fsp3) is 0.500. The predicted octanol–water partition coefficient (Wildman–Crippen LogP) is 2.78. The largest absolute Gasteiger partial charge is 0.404 e. The van der Waals surface area contributed by atoms with Crippen molar-refractivity contribution in [3.63, 3.8) is 0 Å². The second kappa shape index (κ2) is 5.09. The van der Waals surface area contributed by atoms with Crippen molar-refractivity contribution in [1.29, 1.82) is 0 Å². The third-order valence-corrected chi connectivity index (χ3v) is 3.76. The first-order valence-corrected chi connectivity index (χ1v) is 6.42. The lowest BCUT2D eigenvalue weighted by Crippen LogP contribution is -2.49. The Kier molecular flexibility index (Phi) is 3.77. The minimum Gasteiger partial charge on any atom is -0.325 e. The summed E-state index contributed by atoms with van der Waals surface area (Å²) in [5.74, 6) is -0.984. The fourth-order valence-electron chi connectivity index (χ4n) is 2.45. The molecule has 0 saturated carbocycles. The number of hydrogen-bond donors (Lipinski definition) is 2. The van der Waals surface area contributed by atoms with Crippen LogP contribution in [0, 0.1) is 19.3 Å². The van der Waals surface area contributed by atoms with Gasteiger partial charge in [0.1, 0.15) is 0 Å². The van der Waals surface area contributed by atoms with Crippen molar-refractivity contribution in [2.45, 2.75) is 26.4 Å².